The van der Waals surface area contributed by atoms with Crippen molar-refractivity contribution < 1.29 is 0 Å². The minimum absolute atomic E-state index is 0.343. The molecule has 2 heterocycles. The van der Waals surface area contributed by atoms with Gasteiger partial charge in [0.2, 0.25) is 0 Å². The zero-order valence-corrected chi connectivity index (χ0v) is 7.31. The molecule has 2 nitrogen and oxygen atoms in total. The van der Waals surface area contributed by atoms with Crippen molar-refractivity contribution >= 4 is 11.8 Å². The van der Waals surface area contributed by atoms with Crippen molar-refractivity contribution in [2.45, 2.75) is 18.2 Å². The molecular formula is C8H12N2S. The highest BCUT2D eigenvalue weighted by molar-refractivity contribution is 8.06. The molecule has 2 aliphatic rings. The molecule has 2 rings (SSSR count). The molecule has 2 aliphatic heterocycles. The normalized spacial score (nSPS) is 33.2. The molecule has 11 heavy (non-hydrogen) atoms. The summed E-state index contributed by atoms with van der Waals surface area (Å²) >= 11 is 2.03. The van der Waals surface area contributed by atoms with Crippen LogP contribution in [0.2, 0.25) is 0 Å². The monoisotopic (exact) mass is 168 g/mol. The Bertz CT molecular complexity index is 175. The molecule has 0 aliphatic carbocycles. The molecule has 1 atom stereocenters. The number of piperidine rings is 1. The first-order chi connectivity index (χ1) is 5.40. The van der Waals surface area contributed by atoms with E-state index in [0.29, 0.717) is 5.92 Å². The summed E-state index contributed by atoms with van der Waals surface area (Å²) in [4.78, 5) is 2.51. The van der Waals surface area contributed by atoms with Crippen LogP contribution in [0.25, 0.3) is 0 Å². The molecule has 0 aromatic rings. The molecule has 0 amide bonds. The second kappa shape index (κ2) is 3.04. The van der Waals surface area contributed by atoms with Gasteiger partial charge in [-0.15, -0.1) is 11.8 Å². The van der Waals surface area contributed by atoms with E-state index in [1.165, 1.54) is 5.75 Å². The Labute approximate surface area is 71.6 Å². The van der Waals surface area contributed by atoms with E-state index in [0.717, 1.165) is 31.3 Å². The zero-order chi connectivity index (χ0) is 7.68. The maximum atomic E-state index is 8.66. The van der Waals surface area contributed by atoms with Crippen LogP contribution in [0.3, 0.4) is 0 Å². The number of hydrogen-bond donors (Lipinski definition) is 0. The first kappa shape index (κ1) is 7.45. The highest BCUT2D eigenvalue weighted by atomic mass is 32.2. The molecule has 0 N–H and O–H groups in total. The molecule has 2 fully saturated rings. The Balaban J connectivity index is 1.80. The number of nitriles is 1. The average Bonchev–Trinajstić information content (AvgIpc) is 2.87. The van der Waals surface area contributed by atoms with Gasteiger partial charge in [-0.05, 0) is 12.8 Å². The Morgan fingerprint density at radius 3 is 2.45 bits per heavy atom. The van der Waals surface area contributed by atoms with Gasteiger partial charge in [-0.25, -0.2) is 0 Å². The summed E-state index contributed by atoms with van der Waals surface area (Å²) < 4.78 is 0. The number of likely N-dealkylation sites (tertiary alicyclic amines) is 1. The predicted octanol–water partition coefficient (Wildman–Crippen LogP) is 1.29. The highest BCUT2D eigenvalue weighted by Crippen LogP contribution is 2.35. The standard InChI is InChI=1S/C8H12N2S/c9-5-7-1-3-10(4-2-7)8-6-11-8/h7-8H,1-4,6H2. The summed E-state index contributed by atoms with van der Waals surface area (Å²) in [5.74, 6) is 1.66. The van der Waals surface area contributed by atoms with E-state index in [1.54, 1.807) is 0 Å². The molecular weight excluding hydrogens is 156 g/mol. The van der Waals surface area contributed by atoms with E-state index in [4.69, 9.17) is 5.26 Å². The smallest absolute Gasteiger partial charge is 0.0656 e. The molecule has 2 saturated heterocycles. The largest absolute Gasteiger partial charge is 0.291 e. The quantitative estimate of drug-likeness (QED) is 0.552. The predicted molar refractivity (Wildman–Crippen MR) is 46.2 cm³/mol. The fourth-order valence-electron chi connectivity index (χ4n) is 1.57. The van der Waals surface area contributed by atoms with Crippen LogP contribution in [-0.4, -0.2) is 29.1 Å². The van der Waals surface area contributed by atoms with Crippen LogP contribution in [0.5, 0.6) is 0 Å². The summed E-state index contributed by atoms with van der Waals surface area (Å²) in [6, 6.07) is 2.35. The molecule has 3 heteroatoms. The van der Waals surface area contributed by atoms with Gasteiger partial charge in [0.1, 0.15) is 0 Å². The molecule has 0 aromatic heterocycles. The van der Waals surface area contributed by atoms with E-state index in [9.17, 15) is 0 Å². The van der Waals surface area contributed by atoms with Crippen LogP contribution in [-0.2, 0) is 0 Å². The van der Waals surface area contributed by atoms with E-state index in [2.05, 4.69) is 11.0 Å². The number of thioether (sulfide) groups is 1. The SMILES string of the molecule is N#CC1CCN(C2CS2)CC1. The van der Waals surface area contributed by atoms with Gasteiger partial charge in [0.15, 0.2) is 0 Å². The Hall–Kier alpha value is -0.200. The maximum Gasteiger partial charge on any atom is 0.0656 e. The second-order valence-electron chi connectivity index (χ2n) is 3.23. The van der Waals surface area contributed by atoms with Crippen molar-refractivity contribution in [1.82, 2.24) is 4.90 Å². The van der Waals surface area contributed by atoms with Crippen LogP contribution >= 0.6 is 11.8 Å². The lowest BCUT2D eigenvalue weighted by atomic mass is 9.99. The van der Waals surface area contributed by atoms with E-state index in [1.807, 2.05) is 11.8 Å². The number of rotatable bonds is 1. The van der Waals surface area contributed by atoms with Crippen molar-refractivity contribution in [3.63, 3.8) is 0 Å². The van der Waals surface area contributed by atoms with Crippen molar-refractivity contribution in [2.24, 2.45) is 5.92 Å². The second-order valence-corrected chi connectivity index (χ2v) is 4.44. The van der Waals surface area contributed by atoms with Crippen molar-refractivity contribution in [3.05, 3.63) is 0 Å². The Morgan fingerprint density at radius 1 is 1.36 bits per heavy atom. The molecule has 0 bridgehead atoms. The lowest BCUT2D eigenvalue weighted by Crippen LogP contribution is -2.34. The average molecular weight is 168 g/mol. The zero-order valence-electron chi connectivity index (χ0n) is 6.49. The van der Waals surface area contributed by atoms with Gasteiger partial charge in [0.25, 0.3) is 0 Å². The van der Waals surface area contributed by atoms with Gasteiger partial charge in [0, 0.05) is 24.8 Å². The Kier molecular flexibility index (Phi) is 2.06. The molecule has 0 spiro atoms. The van der Waals surface area contributed by atoms with E-state index >= 15 is 0 Å². The molecule has 60 valence electrons. The lowest BCUT2D eigenvalue weighted by Gasteiger charge is -2.27. The number of nitrogens with zero attached hydrogens (tertiary/aromatic N) is 2. The summed E-state index contributed by atoms with van der Waals surface area (Å²) in [5.41, 5.74) is 0. The van der Waals surface area contributed by atoms with Crippen molar-refractivity contribution in [3.8, 4) is 6.07 Å². The summed E-state index contributed by atoms with van der Waals surface area (Å²) in [6.45, 7) is 2.30. The fourth-order valence-corrected chi connectivity index (χ4v) is 2.29. The van der Waals surface area contributed by atoms with Gasteiger partial charge in [-0.1, -0.05) is 0 Å². The number of hydrogen-bond acceptors (Lipinski definition) is 3. The van der Waals surface area contributed by atoms with Crippen LogP contribution in [0, 0.1) is 17.2 Å². The van der Waals surface area contributed by atoms with Crippen LogP contribution in [0.15, 0.2) is 0 Å². The summed E-state index contributed by atoms with van der Waals surface area (Å²) in [7, 11) is 0. The van der Waals surface area contributed by atoms with Gasteiger partial charge in [0.05, 0.1) is 11.4 Å². The third-order valence-electron chi connectivity index (χ3n) is 2.44. The first-order valence-corrected chi connectivity index (χ1v) is 5.20. The molecule has 0 saturated carbocycles. The van der Waals surface area contributed by atoms with Crippen molar-refractivity contribution in [2.75, 3.05) is 18.8 Å². The minimum atomic E-state index is 0.343. The van der Waals surface area contributed by atoms with Crippen LogP contribution in [0.4, 0.5) is 0 Å². The molecule has 0 aromatic carbocycles. The summed E-state index contributed by atoms with van der Waals surface area (Å²) in [6.07, 6.45) is 2.18. The maximum absolute atomic E-state index is 8.66. The van der Waals surface area contributed by atoms with Crippen LogP contribution < -0.4 is 0 Å². The van der Waals surface area contributed by atoms with Gasteiger partial charge < -0.3 is 0 Å². The fraction of sp³-hybridized carbons (Fsp3) is 0.875. The highest BCUT2D eigenvalue weighted by Gasteiger charge is 2.32. The van der Waals surface area contributed by atoms with Crippen LogP contribution in [0.1, 0.15) is 12.8 Å². The van der Waals surface area contributed by atoms with E-state index < -0.39 is 0 Å². The van der Waals surface area contributed by atoms with Gasteiger partial charge in [-0.3, -0.25) is 4.90 Å². The molecule has 1 unspecified atom stereocenters. The third kappa shape index (κ3) is 1.69. The lowest BCUT2D eigenvalue weighted by molar-refractivity contribution is 0.212. The molecule has 0 radical (unpaired) electrons. The minimum Gasteiger partial charge on any atom is -0.291 e. The first-order valence-electron chi connectivity index (χ1n) is 4.15. The third-order valence-corrected chi connectivity index (χ3v) is 3.36. The Morgan fingerprint density at radius 2 is 2.00 bits per heavy atom. The topological polar surface area (TPSA) is 27.0 Å². The van der Waals surface area contributed by atoms with Crippen molar-refractivity contribution in [1.29, 1.82) is 5.26 Å². The van der Waals surface area contributed by atoms with E-state index in [-0.39, 0.29) is 0 Å². The van der Waals surface area contributed by atoms with Gasteiger partial charge >= 0.3 is 0 Å². The summed E-state index contributed by atoms with van der Waals surface area (Å²) in [5, 5.41) is 9.47. The van der Waals surface area contributed by atoms with Gasteiger partial charge in [-0.2, -0.15) is 5.26 Å².